The van der Waals surface area contributed by atoms with Crippen molar-refractivity contribution in [3.8, 4) is 0 Å². The van der Waals surface area contributed by atoms with Crippen LogP contribution in [0.4, 0.5) is 5.69 Å². The van der Waals surface area contributed by atoms with Crippen molar-refractivity contribution in [2.24, 2.45) is 0 Å². The first-order valence-electron chi connectivity index (χ1n) is 6.53. The Hall–Kier alpha value is -1.82. The van der Waals surface area contributed by atoms with Crippen molar-refractivity contribution in [3.05, 3.63) is 72.9 Å². The fraction of sp³-hybridized carbons (Fsp3) is 0. The minimum atomic E-state index is -0.522. The van der Waals surface area contributed by atoms with Crippen molar-refractivity contribution >= 4 is 61.6 Å². The van der Waals surface area contributed by atoms with Crippen molar-refractivity contribution < 1.29 is 4.79 Å². The standard InChI is InChI=1S/C16H9BrCl2N2O2/c17-8-4-11-14(13(19)5-8)20-7-12(15(11)22)16(23)21-10-3-1-2-9(18)6-10/h1-7H,(H,20,22)(H,21,23). The van der Waals surface area contributed by atoms with Gasteiger partial charge in [0, 0.05) is 26.8 Å². The van der Waals surface area contributed by atoms with Gasteiger partial charge in [-0.05, 0) is 30.3 Å². The van der Waals surface area contributed by atoms with E-state index in [4.69, 9.17) is 23.2 Å². The zero-order valence-electron chi connectivity index (χ0n) is 11.5. The molecule has 0 bridgehead atoms. The van der Waals surface area contributed by atoms with Crippen LogP contribution in [-0.4, -0.2) is 10.9 Å². The number of nitrogens with one attached hydrogen (secondary N) is 2. The Bertz CT molecular complexity index is 985. The molecule has 0 saturated carbocycles. The largest absolute Gasteiger partial charge is 0.359 e. The Kier molecular flexibility index (Phi) is 4.43. The maximum Gasteiger partial charge on any atom is 0.261 e. The molecule has 7 heteroatoms. The molecule has 23 heavy (non-hydrogen) atoms. The number of hydrogen-bond donors (Lipinski definition) is 2. The van der Waals surface area contributed by atoms with Gasteiger partial charge in [-0.15, -0.1) is 0 Å². The number of halogens is 3. The van der Waals surface area contributed by atoms with Crippen LogP contribution in [-0.2, 0) is 0 Å². The number of anilines is 1. The summed E-state index contributed by atoms with van der Waals surface area (Å²) >= 11 is 15.3. The van der Waals surface area contributed by atoms with E-state index < -0.39 is 11.3 Å². The summed E-state index contributed by atoms with van der Waals surface area (Å²) in [5, 5.41) is 3.87. The number of fused-ring (bicyclic) bond motifs is 1. The third-order valence-electron chi connectivity index (χ3n) is 3.23. The first kappa shape index (κ1) is 16.1. The van der Waals surface area contributed by atoms with Crippen LogP contribution in [0.15, 0.2) is 51.9 Å². The van der Waals surface area contributed by atoms with E-state index in [0.717, 1.165) is 0 Å². The average molecular weight is 412 g/mol. The molecular weight excluding hydrogens is 403 g/mol. The second-order valence-electron chi connectivity index (χ2n) is 4.81. The molecule has 3 aromatic rings. The highest BCUT2D eigenvalue weighted by molar-refractivity contribution is 9.10. The van der Waals surface area contributed by atoms with Gasteiger partial charge in [0.15, 0.2) is 0 Å². The van der Waals surface area contributed by atoms with Crippen molar-refractivity contribution in [2.75, 3.05) is 5.32 Å². The van der Waals surface area contributed by atoms with Gasteiger partial charge in [-0.2, -0.15) is 0 Å². The van der Waals surface area contributed by atoms with E-state index in [1.165, 1.54) is 6.20 Å². The second kappa shape index (κ2) is 6.35. The molecule has 0 radical (unpaired) electrons. The zero-order valence-corrected chi connectivity index (χ0v) is 14.6. The molecule has 2 N–H and O–H groups in total. The van der Waals surface area contributed by atoms with Crippen LogP contribution in [0.5, 0.6) is 0 Å². The first-order chi connectivity index (χ1) is 11.0. The Labute approximate surface area is 149 Å². The lowest BCUT2D eigenvalue weighted by atomic mass is 10.1. The molecule has 0 atom stereocenters. The number of carbonyl (C=O) groups is 1. The monoisotopic (exact) mass is 410 g/mol. The number of hydrogen-bond acceptors (Lipinski definition) is 2. The second-order valence-corrected chi connectivity index (χ2v) is 6.57. The molecular formula is C16H9BrCl2N2O2. The quantitative estimate of drug-likeness (QED) is 0.633. The topological polar surface area (TPSA) is 62.0 Å². The Morgan fingerprint density at radius 2 is 1.96 bits per heavy atom. The van der Waals surface area contributed by atoms with Gasteiger partial charge < -0.3 is 10.3 Å². The predicted octanol–water partition coefficient (Wildman–Crippen LogP) is 4.85. The fourth-order valence-electron chi connectivity index (χ4n) is 2.19. The van der Waals surface area contributed by atoms with Gasteiger partial charge in [0.05, 0.1) is 10.5 Å². The van der Waals surface area contributed by atoms with Gasteiger partial charge in [0.2, 0.25) is 5.43 Å². The van der Waals surface area contributed by atoms with Gasteiger partial charge in [-0.25, -0.2) is 0 Å². The maximum absolute atomic E-state index is 12.5. The Morgan fingerprint density at radius 1 is 1.17 bits per heavy atom. The molecule has 1 amide bonds. The minimum Gasteiger partial charge on any atom is -0.359 e. The van der Waals surface area contributed by atoms with Crippen LogP contribution >= 0.6 is 39.1 Å². The van der Waals surface area contributed by atoms with Crippen molar-refractivity contribution in [1.82, 2.24) is 4.98 Å². The predicted molar refractivity (Wildman–Crippen MR) is 96.7 cm³/mol. The molecule has 3 rings (SSSR count). The van der Waals surface area contributed by atoms with Gasteiger partial charge >= 0.3 is 0 Å². The summed E-state index contributed by atoms with van der Waals surface area (Å²) in [6.07, 6.45) is 1.35. The Balaban J connectivity index is 2.04. The van der Waals surface area contributed by atoms with Gasteiger partial charge in [-0.1, -0.05) is 45.2 Å². The SMILES string of the molecule is O=C(Nc1cccc(Cl)c1)c1c[nH]c2c(Cl)cc(Br)cc2c1=O. The molecule has 0 spiro atoms. The zero-order chi connectivity index (χ0) is 16.6. The molecule has 0 aliphatic heterocycles. The molecule has 0 aliphatic rings. The summed E-state index contributed by atoms with van der Waals surface area (Å²) in [5.74, 6) is -0.522. The molecule has 4 nitrogen and oxygen atoms in total. The smallest absolute Gasteiger partial charge is 0.261 e. The number of rotatable bonds is 2. The lowest BCUT2D eigenvalue weighted by Crippen LogP contribution is -2.22. The summed E-state index contributed by atoms with van der Waals surface area (Å²) in [5.41, 5.74) is 0.585. The van der Waals surface area contributed by atoms with E-state index in [-0.39, 0.29) is 5.56 Å². The maximum atomic E-state index is 12.5. The number of H-pyrrole nitrogens is 1. The molecule has 0 fully saturated rings. The first-order valence-corrected chi connectivity index (χ1v) is 8.08. The van der Waals surface area contributed by atoms with Crippen LogP contribution in [0.1, 0.15) is 10.4 Å². The molecule has 1 heterocycles. The van der Waals surface area contributed by atoms with E-state index in [9.17, 15) is 9.59 Å². The van der Waals surface area contributed by atoms with Crippen molar-refractivity contribution in [2.45, 2.75) is 0 Å². The molecule has 0 unspecified atom stereocenters. The highest BCUT2D eigenvalue weighted by Gasteiger charge is 2.15. The summed E-state index contributed by atoms with van der Waals surface area (Å²) in [4.78, 5) is 27.8. The fourth-order valence-corrected chi connectivity index (χ4v) is 3.24. The van der Waals surface area contributed by atoms with Crippen LogP contribution < -0.4 is 10.7 Å². The number of aromatic amines is 1. The number of aromatic nitrogens is 1. The van der Waals surface area contributed by atoms with Crippen LogP contribution in [0.25, 0.3) is 10.9 Å². The number of benzene rings is 2. The van der Waals surface area contributed by atoms with Crippen LogP contribution in [0, 0.1) is 0 Å². The molecule has 116 valence electrons. The average Bonchev–Trinajstić information content (AvgIpc) is 2.48. The van der Waals surface area contributed by atoms with Gasteiger partial charge in [0.1, 0.15) is 5.56 Å². The number of carbonyl (C=O) groups excluding carboxylic acids is 1. The lowest BCUT2D eigenvalue weighted by molar-refractivity contribution is 0.102. The third-order valence-corrected chi connectivity index (χ3v) is 4.22. The van der Waals surface area contributed by atoms with E-state index in [2.05, 4.69) is 26.2 Å². The van der Waals surface area contributed by atoms with Gasteiger partial charge in [-0.3, -0.25) is 9.59 Å². The Morgan fingerprint density at radius 3 is 2.70 bits per heavy atom. The van der Waals surface area contributed by atoms with Crippen molar-refractivity contribution in [1.29, 1.82) is 0 Å². The highest BCUT2D eigenvalue weighted by atomic mass is 79.9. The molecule has 1 aromatic heterocycles. The van der Waals surface area contributed by atoms with E-state index in [0.29, 0.717) is 31.1 Å². The minimum absolute atomic E-state index is 0.00774. The van der Waals surface area contributed by atoms with Crippen molar-refractivity contribution in [3.63, 3.8) is 0 Å². The molecule has 2 aromatic carbocycles. The van der Waals surface area contributed by atoms with Gasteiger partial charge in [0.25, 0.3) is 5.91 Å². The highest BCUT2D eigenvalue weighted by Crippen LogP contribution is 2.25. The summed E-state index contributed by atoms with van der Waals surface area (Å²) in [6, 6.07) is 9.98. The molecule has 0 aliphatic carbocycles. The van der Waals surface area contributed by atoms with E-state index in [1.807, 2.05) is 0 Å². The summed E-state index contributed by atoms with van der Waals surface area (Å²) in [6.45, 7) is 0. The third kappa shape index (κ3) is 3.27. The molecule has 0 saturated heterocycles. The van der Waals surface area contributed by atoms with E-state index >= 15 is 0 Å². The van der Waals surface area contributed by atoms with E-state index in [1.54, 1.807) is 36.4 Å². The number of pyridine rings is 1. The normalized spacial score (nSPS) is 10.7. The number of amides is 1. The summed E-state index contributed by atoms with van der Waals surface area (Å²) < 4.78 is 0.660. The van der Waals surface area contributed by atoms with Crippen LogP contribution in [0.2, 0.25) is 10.0 Å². The lowest BCUT2D eigenvalue weighted by Gasteiger charge is -2.07. The van der Waals surface area contributed by atoms with Crippen LogP contribution in [0.3, 0.4) is 0 Å². The summed E-state index contributed by atoms with van der Waals surface area (Å²) in [7, 11) is 0.